The van der Waals surface area contributed by atoms with E-state index in [1.165, 1.54) is 4.90 Å². The van der Waals surface area contributed by atoms with Crippen molar-refractivity contribution in [2.24, 2.45) is 0 Å². The summed E-state index contributed by atoms with van der Waals surface area (Å²) in [5.41, 5.74) is 1.38. The second-order valence-corrected chi connectivity index (χ2v) is 8.21. The first-order chi connectivity index (χ1) is 14.9. The number of ether oxygens (including phenoxy) is 1. The standard InChI is InChI=1S/C23H24ClN3O4/c1-15-23(30)27(14-21(28)26-10-3-2-4-11-26)19-13-18(8-9-20(19)31-15)25-22(29)16-6-5-7-17(24)12-16/h5-9,12-13,15H,2-4,10-11,14H2,1H3,(H,25,29). The van der Waals surface area contributed by atoms with Crippen LogP contribution in [0.3, 0.4) is 0 Å². The van der Waals surface area contributed by atoms with Crippen molar-refractivity contribution in [3.63, 3.8) is 0 Å². The molecule has 0 aromatic heterocycles. The zero-order valence-electron chi connectivity index (χ0n) is 17.3. The first-order valence-electron chi connectivity index (χ1n) is 10.4. The van der Waals surface area contributed by atoms with Gasteiger partial charge in [-0.25, -0.2) is 0 Å². The van der Waals surface area contributed by atoms with Crippen LogP contribution in [0.25, 0.3) is 0 Å². The number of nitrogens with zero attached hydrogens (tertiary/aromatic N) is 2. The number of nitrogens with one attached hydrogen (secondary N) is 1. The highest BCUT2D eigenvalue weighted by Crippen LogP contribution is 2.36. The van der Waals surface area contributed by atoms with Crippen LogP contribution in [-0.2, 0) is 9.59 Å². The molecule has 2 aliphatic heterocycles. The van der Waals surface area contributed by atoms with Crippen molar-refractivity contribution in [2.75, 3.05) is 29.9 Å². The molecule has 0 spiro atoms. The third-order valence-electron chi connectivity index (χ3n) is 5.51. The Morgan fingerprint density at radius 1 is 1.13 bits per heavy atom. The fourth-order valence-corrected chi connectivity index (χ4v) is 4.05. The van der Waals surface area contributed by atoms with E-state index in [4.69, 9.17) is 16.3 Å². The predicted octanol–water partition coefficient (Wildman–Crippen LogP) is 3.72. The van der Waals surface area contributed by atoms with Crippen LogP contribution in [0.2, 0.25) is 5.02 Å². The Morgan fingerprint density at radius 3 is 2.65 bits per heavy atom. The molecule has 0 saturated carbocycles. The third kappa shape index (κ3) is 4.66. The van der Waals surface area contributed by atoms with Crippen molar-refractivity contribution in [1.82, 2.24) is 4.90 Å². The quantitative estimate of drug-likeness (QED) is 0.784. The van der Waals surface area contributed by atoms with Crippen molar-refractivity contribution in [3.8, 4) is 5.75 Å². The second kappa shape index (κ2) is 8.98. The topological polar surface area (TPSA) is 79.0 Å². The molecule has 31 heavy (non-hydrogen) atoms. The molecule has 1 N–H and O–H groups in total. The summed E-state index contributed by atoms with van der Waals surface area (Å²) >= 11 is 5.97. The van der Waals surface area contributed by atoms with Crippen LogP contribution >= 0.6 is 11.6 Å². The van der Waals surface area contributed by atoms with Gasteiger partial charge in [0.25, 0.3) is 11.8 Å². The number of carbonyl (C=O) groups excluding carboxylic acids is 3. The van der Waals surface area contributed by atoms with Crippen LogP contribution in [0, 0.1) is 0 Å². The number of carbonyl (C=O) groups is 3. The predicted molar refractivity (Wildman–Crippen MR) is 119 cm³/mol. The minimum Gasteiger partial charge on any atom is -0.479 e. The lowest BCUT2D eigenvalue weighted by Gasteiger charge is -2.35. The SMILES string of the molecule is CC1Oc2ccc(NC(=O)c3cccc(Cl)c3)cc2N(CC(=O)N2CCCCC2)C1=O. The number of benzene rings is 2. The summed E-state index contributed by atoms with van der Waals surface area (Å²) in [4.78, 5) is 41.5. The highest BCUT2D eigenvalue weighted by molar-refractivity contribution is 6.31. The number of fused-ring (bicyclic) bond motifs is 1. The van der Waals surface area contributed by atoms with Gasteiger partial charge in [0.05, 0.1) is 5.69 Å². The fraction of sp³-hybridized carbons (Fsp3) is 0.348. The largest absolute Gasteiger partial charge is 0.479 e. The molecule has 2 heterocycles. The first kappa shape index (κ1) is 21.2. The van der Waals surface area contributed by atoms with E-state index < -0.39 is 6.10 Å². The number of halogens is 1. The second-order valence-electron chi connectivity index (χ2n) is 7.77. The van der Waals surface area contributed by atoms with E-state index in [1.54, 1.807) is 54.3 Å². The van der Waals surface area contributed by atoms with Gasteiger partial charge in [-0.2, -0.15) is 0 Å². The van der Waals surface area contributed by atoms with Gasteiger partial charge in [-0.1, -0.05) is 17.7 Å². The summed E-state index contributed by atoms with van der Waals surface area (Å²) in [5.74, 6) is -0.188. The van der Waals surface area contributed by atoms with Crippen LogP contribution in [0.4, 0.5) is 11.4 Å². The van der Waals surface area contributed by atoms with Crippen molar-refractivity contribution in [3.05, 3.63) is 53.1 Å². The van der Waals surface area contributed by atoms with E-state index in [1.807, 2.05) is 0 Å². The Hall–Kier alpha value is -3.06. The summed E-state index contributed by atoms with van der Waals surface area (Å²) in [6.45, 7) is 3.05. The minimum absolute atomic E-state index is 0.0504. The van der Waals surface area contributed by atoms with E-state index in [0.717, 1.165) is 32.4 Å². The van der Waals surface area contributed by atoms with Gasteiger partial charge in [0.15, 0.2) is 6.10 Å². The number of likely N-dealkylation sites (tertiary alicyclic amines) is 1. The summed E-state index contributed by atoms with van der Waals surface area (Å²) in [7, 11) is 0. The maximum absolute atomic E-state index is 12.8. The molecule has 7 nitrogen and oxygen atoms in total. The van der Waals surface area contributed by atoms with Gasteiger partial charge in [0.2, 0.25) is 5.91 Å². The van der Waals surface area contributed by atoms with Crippen molar-refractivity contribution in [2.45, 2.75) is 32.3 Å². The Labute approximate surface area is 185 Å². The molecule has 2 aliphatic rings. The summed E-state index contributed by atoms with van der Waals surface area (Å²) in [6.07, 6.45) is 2.40. The highest BCUT2D eigenvalue weighted by Gasteiger charge is 2.34. The average Bonchev–Trinajstić information content (AvgIpc) is 2.77. The molecule has 0 aliphatic carbocycles. The van der Waals surface area contributed by atoms with Gasteiger partial charge in [0, 0.05) is 29.4 Å². The lowest BCUT2D eigenvalue weighted by molar-refractivity contribution is -0.133. The maximum atomic E-state index is 12.8. The monoisotopic (exact) mass is 441 g/mol. The summed E-state index contributed by atoms with van der Waals surface area (Å²) in [6, 6.07) is 11.7. The Kier molecular flexibility index (Phi) is 6.13. The van der Waals surface area contributed by atoms with E-state index in [2.05, 4.69) is 5.32 Å². The normalized spacial score (nSPS) is 18.3. The number of hydrogen-bond acceptors (Lipinski definition) is 4. The minimum atomic E-state index is -0.687. The molecule has 2 aromatic carbocycles. The van der Waals surface area contributed by atoms with Gasteiger partial charge in [-0.05, 0) is 62.6 Å². The molecular formula is C23H24ClN3O4. The number of anilines is 2. The van der Waals surface area contributed by atoms with Crippen LogP contribution in [0.15, 0.2) is 42.5 Å². The lowest BCUT2D eigenvalue weighted by atomic mass is 10.1. The van der Waals surface area contributed by atoms with Crippen molar-refractivity contribution in [1.29, 1.82) is 0 Å². The molecule has 8 heteroatoms. The Morgan fingerprint density at radius 2 is 1.90 bits per heavy atom. The molecule has 3 amide bonds. The summed E-state index contributed by atoms with van der Waals surface area (Å²) in [5, 5.41) is 3.28. The molecule has 0 bridgehead atoms. The zero-order chi connectivity index (χ0) is 22.0. The lowest BCUT2D eigenvalue weighted by Crippen LogP contribution is -2.50. The maximum Gasteiger partial charge on any atom is 0.268 e. The number of rotatable bonds is 4. The summed E-state index contributed by atoms with van der Waals surface area (Å²) < 4.78 is 5.72. The van der Waals surface area contributed by atoms with Gasteiger partial charge < -0.3 is 15.0 Å². The van der Waals surface area contributed by atoms with E-state index >= 15 is 0 Å². The smallest absolute Gasteiger partial charge is 0.268 e. The van der Waals surface area contributed by atoms with Gasteiger partial charge >= 0.3 is 0 Å². The molecule has 1 fully saturated rings. The zero-order valence-corrected chi connectivity index (χ0v) is 18.0. The molecule has 0 radical (unpaired) electrons. The molecule has 4 rings (SSSR count). The van der Waals surface area contributed by atoms with E-state index in [-0.39, 0.29) is 24.3 Å². The molecule has 1 saturated heterocycles. The number of amides is 3. The number of piperidine rings is 1. The Bertz CT molecular complexity index is 1020. The molecule has 2 aromatic rings. The van der Waals surface area contributed by atoms with Crippen LogP contribution in [0.5, 0.6) is 5.75 Å². The van der Waals surface area contributed by atoms with Gasteiger partial charge in [-0.15, -0.1) is 0 Å². The molecule has 162 valence electrons. The van der Waals surface area contributed by atoms with Crippen LogP contribution in [0.1, 0.15) is 36.5 Å². The third-order valence-corrected chi connectivity index (χ3v) is 5.75. The van der Waals surface area contributed by atoms with Crippen molar-refractivity contribution < 1.29 is 19.1 Å². The Balaban J connectivity index is 1.57. The van der Waals surface area contributed by atoms with Crippen LogP contribution in [-0.4, -0.2) is 48.4 Å². The molecular weight excluding hydrogens is 418 g/mol. The van der Waals surface area contributed by atoms with E-state index in [9.17, 15) is 14.4 Å². The first-order valence-corrected chi connectivity index (χ1v) is 10.8. The van der Waals surface area contributed by atoms with Crippen LogP contribution < -0.4 is 15.0 Å². The van der Waals surface area contributed by atoms with Crippen molar-refractivity contribution >= 4 is 40.7 Å². The highest BCUT2D eigenvalue weighted by atomic mass is 35.5. The van der Waals surface area contributed by atoms with Gasteiger partial charge in [0.1, 0.15) is 12.3 Å². The fourth-order valence-electron chi connectivity index (χ4n) is 3.86. The molecule has 1 atom stereocenters. The van der Waals surface area contributed by atoms with Gasteiger partial charge in [-0.3, -0.25) is 19.3 Å². The number of hydrogen-bond donors (Lipinski definition) is 1. The van der Waals surface area contributed by atoms with E-state index in [0.29, 0.717) is 27.7 Å². The average molecular weight is 442 g/mol. The molecule has 1 unspecified atom stereocenters.